The molecule has 0 N–H and O–H groups in total. The smallest absolute Gasteiger partial charge is 0.521 e. The zero-order valence-electron chi connectivity index (χ0n) is 9.21. The van der Waals surface area contributed by atoms with Crippen molar-refractivity contribution in [2.45, 2.75) is 52.4 Å². The molecular formula is C12H22Cu2. The van der Waals surface area contributed by atoms with Gasteiger partial charge in [-0.2, -0.15) is 0 Å². The Balaban J connectivity index is -0.000000117. The number of hydrogen-bond donors (Lipinski definition) is 0. The summed E-state index contributed by atoms with van der Waals surface area (Å²) in [5.41, 5.74) is 1.20. The molecular weight excluding hydrogens is 271 g/mol. The van der Waals surface area contributed by atoms with Crippen molar-refractivity contribution in [1.29, 1.82) is 0 Å². The fourth-order valence-electron chi connectivity index (χ4n) is 0.933. The predicted molar refractivity (Wildman–Crippen MR) is 56.8 cm³/mol. The maximum Gasteiger partial charge on any atom is 1.00 e. The van der Waals surface area contributed by atoms with Crippen LogP contribution in [0.3, 0.4) is 0 Å². The molecule has 0 aliphatic heterocycles. The van der Waals surface area contributed by atoms with Crippen molar-refractivity contribution in [3.8, 4) is 0 Å². The van der Waals surface area contributed by atoms with Gasteiger partial charge in [0.1, 0.15) is 0 Å². The molecule has 0 saturated carbocycles. The second-order valence-corrected chi connectivity index (χ2v) is 2.87. The van der Waals surface area contributed by atoms with Crippen LogP contribution in [0.15, 0.2) is 12.2 Å². The molecule has 0 aromatic heterocycles. The topological polar surface area (TPSA) is 0 Å². The zero-order valence-corrected chi connectivity index (χ0v) is 11.1. The Kier molecular flexibility index (Phi) is 40.1. The fourth-order valence-corrected chi connectivity index (χ4v) is 0.933. The molecule has 0 nitrogen and oxygen atoms in total. The van der Waals surface area contributed by atoms with Gasteiger partial charge in [-0.25, -0.2) is 0 Å². The van der Waals surface area contributed by atoms with Crippen LogP contribution in [0.2, 0.25) is 0 Å². The molecule has 0 aromatic rings. The minimum Gasteiger partial charge on any atom is -0.521 e. The van der Waals surface area contributed by atoms with Gasteiger partial charge in [-0.15, -0.1) is 0 Å². The molecule has 92 valence electrons. The van der Waals surface area contributed by atoms with Crippen LogP contribution in [0, 0.1) is 13.2 Å². The van der Waals surface area contributed by atoms with Crippen molar-refractivity contribution in [3.05, 3.63) is 25.3 Å². The predicted octanol–water partition coefficient (Wildman–Crippen LogP) is 4.33. The van der Waals surface area contributed by atoms with Crippen LogP contribution in [0.1, 0.15) is 52.4 Å². The molecule has 0 bridgehead atoms. The number of allylic oxidation sites excluding steroid dienone is 1. The van der Waals surface area contributed by atoms with Gasteiger partial charge in [0.05, 0.1) is 0 Å². The molecule has 2 heteroatoms. The molecule has 0 amide bonds. The van der Waals surface area contributed by atoms with Gasteiger partial charge in [0.15, 0.2) is 0 Å². The third-order valence-electron chi connectivity index (χ3n) is 1.70. The molecule has 0 atom stereocenters. The molecule has 0 heterocycles. The fraction of sp³-hybridized carbons (Fsp3) is 0.667. The van der Waals surface area contributed by atoms with Gasteiger partial charge < -0.3 is 13.2 Å². The van der Waals surface area contributed by atoms with Crippen LogP contribution < -0.4 is 0 Å². The van der Waals surface area contributed by atoms with Crippen molar-refractivity contribution in [1.82, 2.24) is 0 Å². The Morgan fingerprint density at radius 1 is 0.929 bits per heavy atom. The van der Waals surface area contributed by atoms with E-state index in [1.165, 1.54) is 31.3 Å². The minimum atomic E-state index is 0. The van der Waals surface area contributed by atoms with E-state index >= 15 is 0 Å². The second-order valence-electron chi connectivity index (χ2n) is 2.87. The van der Waals surface area contributed by atoms with Crippen molar-refractivity contribution < 1.29 is 34.1 Å². The largest absolute Gasteiger partial charge is 1.00 e. The summed E-state index contributed by atoms with van der Waals surface area (Å²) in [4.78, 5) is 0. The van der Waals surface area contributed by atoms with E-state index in [0.717, 1.165) is 12.8 Å². The van der Waals surface area contributed by atoms with E-state index in [2.05, 4.69) is 27.0 Å². The van der Waals surface area contributed by atoms with Gasteiger partial charge in [-0.05, 0) is 0 Å². The monoisotopic (exact) mass is 292 g/mol. The van der Waals surface area contributed by atoms with Gasteiger partial charge in [0.2, 0.25) is 0 Å². The van der Waals surface area contributed by atoms with Crippen molar-refractivity contribution in [2.24, 2.45) is 0 Å². The van der Waals surface area contributed by atoms with Crippen LogP contribution in [-0.2, 0) is 34.1 Å². The SMILES string of the molecule is [CH-]=C.[CH-]=C(CCCC)CCCC.[Cu+].[Cu+]. The Labute approximate surface area is 112 Å². The molecule has 0 rings (SSSR count). The van der Waals surface area contributed by atoms with Crippen molar-refractivity contribution in [3.63, 3.8) is 0 Å². The summed E-state index contributed by atoms with van der Waals surface area (Å²) in [6.45, 7) is 17.2. The normalized spacial score (nSPS) is 7.29. The first-order chi connectivity index (χ1) is 5.81. The summed E-state index contributed by atoms with van der Waals surface area (Å²) < 4.78 is 0. The molecule has 0 spiro atoms. The number of hydrogen-bond acceptors (Lipinski definition) is 0. The zero-order chi connectivity index (χ0) is 9.82. The average molecular weight is 293 g/mol. The van der Waals surface area contributed by atoms with Crippen LogP contribution in [-0.4, -0.2) is 0 Å². The first kappa shape index (κ1) is 24.0. The van der Waals surface area contributed by atoms with E-state index in [0.29, 0.717) is 0 Å². The summed E-state index contributed by atoms with van der Waals surface area (Å²) in [7, 11) is 0. The van der Waals surface area contributed by atoms with Crippen LogP contribution in [0.4, 0.5) is 0 Å². The van der Waals surface area contributed by atoms with E-state index in [-0.39, 0.29) is 34.1 Å². The minimum absolute atomic E-state index is 0. The first-order valence-corrected chi connectivity index (χ1v) is 4.82. The van der Waals surface area contributed by atoms with Gasteiger partial charge in [0.25, 0.3) is 0 Å². The van der Waals surface area contributed by atoms with E-state index in [1.54, 1.807) is 0 Å². The van der Waals surface area contributed by atoms with Crippen LogP contribution in [0.25, 0.3) is 0 Å². The Morgan fingerprint density at radius 3 is 1.43 bits per heavy atom. The molecule has 0 radical (unpaired) electrons. The molecule has 14 heavy (non-hydrogen) atoms. The van der Waals surface area contributed by atoms with Gasteiger partial charge in [0, 0.05) is 0 Å². The number of rotatable bonds is 6. The maximum absolute atomic E-state index is 5.76. The Bertz CT molecular complexity index is 90.5. The Hall–Kier alpha value is 0.519. The van der Waals surface area contributed by atoms with E-state index in [1.807, 2.05) is 0 Å². The van der Waals surface area contributed by atoms with E-state index in [4.69, 9.17) is 6.58 Å². The number of unbranched alkanes of at least 4 members (excludes halogenated alkanes) is 2. The molecule has 0 saturated heterocycles. The molecule has 0 unspecified atom stereocenters. The van der Waals surface area contributed by atoms with E-state index < -0.39 is 0 Å². The second kappa shape index (κ2) is 23.4. The van der Waals surface area contributed by atoms with Crippen LogP contribution >= 0.6 is 0 Å². The standard InChI is InChI=1S/C10H19.C2H3.2Cu/c1-4-6-8-10(3)9-7-5-2;1-2;;/h3H,4-9H2,1-2H3;1H,2H2;;/q2*-1;2*+1. The van der Waals surface area contributed by atoms with E-state index in [9.17, 15) is 0 Å². The summed E-state index contributed by atoms with van der Waals surface area (Å²) >= 11 is 0. The van der Waals surface area contributed by atoms with Gasteiger partial charge >= 0.3 is 34.1 Å². The third-order valence-corrected chi connectivity index (χ3v) is 1.70. The molecule has 0 aromatic carbocycles. The summed E-state index contributed by atoms with van der Waals surface area (Å²) in [6.07, 6.45) is 7.30. The summed E-state index contributed by atoms with van der Waals surface area (Å²) in [5, 5.41) is 0. The van der Waals surface area contributed by atoms with Crippen molar-refractivity contribution in [2.75, 3.05) is 0 Å². The van der Waals surface area contributed by atoms with Gasteiger partial charge in [-0.1, -0.05) is 52.4 Å². The summed E-state index contributed by atoms with van der Waals surface area (Å²) in [5.74, 6) is 0. The molecule has 0 fully saturated rings. The first-order valence-electron chi connectivity index (χ1n) is 4.82. The molecule has 0 aliphatic rings. The van der Waals surface area contributed by atoms with Gasteiger partial charge in [-0.3, -0.25) is 12.2 Å². The average Bonchev–Trinajstić information content (AvgIpc) is 2.14. The van der Waals surface area contributed by atoms with Crippen LogP contribution in [0.5, 0.6) is 0 Å². The Morgan fingerprint density at radius 2 is 1.21 bits per heavy atom. The third kappa shape index (κ3) is 22.9. The molecule has 0 aliphatic carbocycles. The van der Waals surface area contributed by atoms with Crippen molar-refractivity contribution >= 4 is 0 Å². The summed E-state index contributed by atoms with van der Waals surface area (Å²) in [6, 6.07) is 0. The quantitative estimate of drug-likeness (QED) is 0.505. The maximum atomic E-state index is 5.76.